The number of hydrogen-bond acceptors (Lipinski definition) is 3. The zero-order valence-corrected chi connectivity index (χ0v) is 16.2. The maximum Gasteiger partial charge on any atom is 0.315 e. The molecule has 0 aliphatic heterocycles. The van der Waals surface area contributed by atoms with Gasteiger partial charge in [0.2, 0.25) is 0 Å². The minimum absolute atomic E-state index is 0.0187. The Kier molecular flexibility index (Phi) is 7.34. The first kappa shape index (κ1) is 20.4. The zero-order chi connectivity index (χ0) is 19.7. The molecule has 0 saturated heterocycles. The molecule has 0 fully saturated rings. The number of benzene rings is 1. The van der Waals surface area contributed by atoms with Gasteiger partial charge in [-0.05, 0) is 36.5 Å². The molecule has 1 aromatic carbocycles. The first-order chi connectivity index (χ1) is 12.9. The van der Waals surface area contributed by atoms with E-state index < -0.39 is 0 Å². The van der Waals surface area contributed by atoms with E-state index in [9.17, 15) is 9.59 Å². The first-order valence-corrected chi connectivity index (χ1v) is 9.16. The Hall–Kier alpha value is -2.89. The van der Waals surface area contributed by atoms with E-state index in [1.807, 2.05) is 25.1 Å². The molecule has 2 aromatic rings. The number of pyridine rings is 1. The van der Waals surface area contributed by atoms with Gasteiger partial charge in [-0.15, -0.1) is 0 Å². The lowest BCUT2D eigenvalue weighted by Gasteiger charge is -2.29. The number of aromatic nitrogens is 1. The summed E-state index contributed by atoms with van der Waals surface area (Å²) in [6, 6.07) is 13.5. The van der Waals surface area contributed by atoms with Crippen LogP contribution in [-0.4, -0.2) is 36.1 Å². The number of amides is 3. The minimum atomic E-state index is -0.234. The van der Waals surface area contributed by atoms with Crippen LogP contribution in [-0.2, 0) is 5.41 Å². The number of urea groups is 1. The third-order valence-corrected chi connectivity index (χ3v) is 4.37. The predicted octanol–water partition coefficient (Wildman–Crippen LogP) is 2.87. The molecule has 1 aromatic heterocycles. The predicted molar refractivity (Wildman–Crippen MR) is 107 cm³/mol. The summed E-state index contributed by atoms with van der Waals surface area (Å²) in [5.41, 5.74) is 1.71. The summed E-state index contributed by atoms with van der Waals surface area (Å²) in [6.45, 7) is 7.05. The van der Waals surface area contributed by atoms with Crippen molar-refractivity contribution in [3.8, 4) is 0 Å². The van der Waals surface area contributed by atoms with Gasteiger partial charge in [-0.3, -0.25) is 9.78 Å². The van der Waals surface area contributed by atoms with E-state index >= 15 is 0 Å². The molecule has 0 bridgehead atoms. The highest BCUT2D eigenvalue weighted by Gasteiger charge is 2.23. The number of nitrogens with one attached hydrogen (secondary N) is 3. The van der Waals surface area contributed by atoms with Crippen molar-refractivity contribution >= 4 is 11.9 Å². The molecule has 1 atom stereocenters. The topological polar surface area (TPSA) is 83.1 Å². The zero-order valence-electron chi connectivity index (χ0n) is 16.2. The lowest BCUT2D eigenvalue weighted by Crippen LogP contribution is -2.45. The molecular weight excluding hydrogens is 340 g/mol. The van der Waals surface area contributed by atoms with Gasteiger partial charge in [-0.25, -0.2) is 4.79 Å². The Morgan fingerprint density at radius 3 is 2.41 bits per heavy atom. The molecule has 0 aliphatic rings. The summed E-state index contributed by atoms with van der Waals surface area (Å²) in [5, 5.41) is 8.46. The molecule has 0 aliphatic carbocycles. The van der Waals surface area contributed by atoms with Crippen LogP contribution >= 0.6 is 0 Å². The summed E-state index contributed by atoms with van der Waals surface area (Å²) < 4.78 is 0. The number of carbonyl (C=O) groups is 2. The molecule has 0 spiro atoms. The summed E-state index contributed by atoms with van der Waals surface area (Å²) in [5.74, 6) is -0.205. The highest BCUT2D eigenvalue weighted by Crippen LogP contribution is 2.27. The fraction of sp³-hybridized carbons (Fsp3) is 0.381. The second kappa shape index (κ2) is 9.71. The number of carbonyl (C=O) groups excluding carboxylic acids is 2. The summed E-state index contributed by atoms with van der Waals surface area (Å²) >= 11 is 0. The molecule has 6 heteroatoms. The Labute approximate surface area is 160 Å². The molecule has 0 saturated carbocycles. The Balaban J connectivity index is 1.68. The highest BCUT2D eigenvalue weighted by atomic mass is 16.2. The average molecular weight is 368 g/mol. The van der Waals surface area contributed by atoms with Gasteiger partial charge in [0.1, 0.15) is 0 Å². The quantitative estimate of drug-likeness (QED) is 0.627. The SMILES string of the molecule is CC(CC(C)(C)c1ccccc1)NC(=O)NCCNC(=O)c1cccnc1. The third kappa shape index (κ3) is 6.73. The van der Waals surface area contributed by atoms with Crippen LogP contribution in [0.5, 0.6) is 0 Å². The van der Waals surface area contributed by atoms with Crippen LogP contribution in [0, 0.1) is 0 Å². The van der Waals surface area contributed by atoms with Crippen LogP contribution in [0.3, 0.4) is 0 Å². The Bertz CT molecular complexity index is 732. The van der Waals surface area contributed by atoms with Crippen LogP contribution in [0.15, 0.2) is 54.9 Å². The van der Waals surface area contributed by atoms with Gasteiger partial charge in [0.25, 0.3) is 5.91 Å². The first-order valence-electron chi connectivity index (χ1n) is 9.16. The molecule has 27 heavy (non-hydrogen) atoms. The lowest BCUT2D eigenvalue weighted by atomic mass is 9.79. The van der Waals surface area contributed by atoms with Crippen molar-refractivity contribution < 1.29 is 9.59 Å². The number of hydrogen-bond donors (Lipinski definition) is 3. The number of nitrogens with zero attached hydrogens (tertiary/aromatic N) is 1. The Morgan fingerprint density at radius 2 is 1.74 bits per heavy atom. The van der Waals surface area contributed by atoms with Crippen molar-refractivity contribution in [3.63, 3.8) is 0 Å². The summed E-state index contributed by atoms with van der Waals surface area (Å²) in [7, 11) is 0. The standard InChI is InChI=1S/C21H28N4O2/c1-16(14-21(2,3)18-9-5-4-6-10-18)25-20(27)24-13-12-23-19(26)17-8-7-11-22-15-17/h4-11,15-16H,12-14H2,1-3H3,(H,23,26)(H2,24,25,27). The molecule has 3 N–H and O–H groups in total. The largest absolute Gasteiger partial charge is 0.350 e. The maximum absolute atomic E-state index is 12.0. The van der Waals surface area contributed by atoms with E-state index in [4.69, 9.17) is 0 Å². The minimum Gasteiger partial charge on any atom is -0.350 e. The summed E-state index contributed by atoms with van der Waals surface area (Å²) in [6.07, 6.45) is 3.94. The van der Waals surface area contributed by atoms with Gasteiger partial charge in [0, 0.05) is 31.5 Å². The van der Waals surface area contributed by atoms with Gasteiger partial charge in [-0.2, -0.15) is 0 Å². The molecule has 2 rings (SSSR count). The van der Waals surface area contributed by atoms with Crippen LogP contribution < -0.4 is 16.0 Å². The summed E-state index contributed by atoms with van der Waals surface area (Å²) in [4.78, 5) is 27.8. The van der Waals surface area contributed by atoms with Crippen molar-refractivity contribution in [2.75, 3.05) is 13.1 Å². The van der Waals surface area contributed by atoms with Gasteiger partial charge in [0.05, 0.1) is 5.56 Å². The molecule has 0 radical (unpaired) electrons. The van der Waals surface area contributed by atoms with Crippen molar-refractivity contribution in [3.05, 3.63) is 66.0 Å². The van der Waals surface area contributed by atoms with Gasteiger partial charge >= 0.3 is 6.03 Å². The molecule has 1 unspecified atom stereocenters. The van der Waals surface area contributed by atoms with Crippen molar-refractivity contribution in [1.29, 1.82) is 0 Å². The average Bonchev–Trinajstić information content (AvgIpc) is 2.66. The van der Waals surface area contributed by atoms with Gasteiger partial charge < -0.3 is 16.0 Å². The molecule has 6 nitrogen and oxygen atoms in total. The van der Waals surface area contributed by atoms with E-state index in [1.165, 1.54) is 11.8 Å². The fourth-order valence-corrected chi connectivity index (χ4v) is 3.05. The monoisotopic (exact) mass is 368 g/mol. The van der Waals surface area contributed by atoms with Crippen LogP contribution in [0.2, 0.25) is 0 Å². The van der Waals surface area contributed by atoms with E-state index in [-0.39, 0.29) is 23.4 Å². The van der Waals surface area contributed by atoms with Crippen molar-refractivity contribution in [1.82, 2.24) is 20.9 Å². The van der Waals surface area contributed by atoms with Crippen molar-refractivity contribution in [2.45, 2.75) is 38.6 Å². The van der Waals surface area contributed by atoms with E-state index in [2.05, 4.69) is 46.9 Å². The maximum atomic E-state index is 12.0. The molecular formula is C21H28N4O2. The number of rotatable bonds is 8. The normalized spacial score (nSPS) is 12.1. The smallest absolute Gasteiger partial charge is 0.315 e. The second-order valence-corrected chi connectivity index (χ2v) is 7.25. The van der Waals surface area contributed by atoms with Crippen molar-refractivity contribution in [2.24, 2.45) is 0 Å². The van der Waals surface area contributed by atoms with Crippen LogP contribution in [0.4, 0.5) is 4.79 Å². The van der Waals surface area contributed by atoms with E-state index in [0.717, 1.165) is 6.42 Å². The van der Waals surface area contributed by atoms with Gasteiger partial charge in [0.15, 0.2) is 0 Å². The Morgan fingerprint density at radius 1 is 1.04 bits per heavy atom. The fourth-order valence-electron chi connectivity index (χ4n) is 3.05. The second-order valence-electron chi connectivity index (χ2n) is 7.25. The highest BCUT2D eigenvalue weighted by molar-refractivity contribution is 5.93. The van der Waals surface area contributed by atoms with E-state index in [1.54, 1.807) is 18.3 Å². The molecule has 1 heterocycles. The molecule has 144 valence electrons. The van der Waals surface area contributed by atoms with Gasteiger partial charge in [-0.1, -0.05) is 44.2 Å². The van der Waals surface area contributed by atoms with E-state index in [0.29, 0.717) is 18.7 Å². The third-order valence-electron chi connectivity index (χ3n) is 4.37. The van der Waals surface area contributed by atoms with Crippen LogP contribution in [0.25, 0.3) is 0 Å². The lowest BCUT2D eigenvalue weighted by molar-refractivity contribution is 0.0953. The molecule has 3 amide bonds. The van der Waals surface area contributed by atoms with Crippen LogP contribution in [0.1, 0.15) is 43.1 Å².